The van der Waals surface area contributed by atoms with E-state index in [0.717, 1.165) is 6.42 Å². The van der Waals surface area contributed by atoms with E-state index in [0.29, 0.717) is 17.4 Å². The van der Waals surface area contributed by atoms with Gasteiger partial charge in [0.25, 0.3) is 0 Å². The average molecular weight is 306 g/mol. The highest BCUT2D eigenvalue weighted by Gasteiger charge is 2.32. The predicted molar refractivity (Wildman–Crippen MR) is 78.5 cm³/mol. The third kappa shape index (κ3) is 5.17. The van der Waals surface area contributed by atoms with Crippen molar-refractivity contribution in [1.29, 1.82) is 0 Å². The zero-order chi connectivity index (χ0) is 13.7. The van der Waals surface area contributed by atoms with Crippen LogP contribution < -0.4 is 0 Å². The maximum Gasteiger partial charge on any atom is 0.308 e. The lowest BCUT2D eigenvalue weighted by atomic mass is 9.98. The quantitative estimate of drug-likeness (QED) is 0.802. The largest absolute Gasteiger partial charge is 0.469 e. The molecule has 0 aromatic rings. The lowest BCUT2D eigenvalue weighted by molar-refractivity contribution is -0.150. The fourth-order valence-electron chi connectivity index (χ4n) is 2.53. The smallest absolute Gasteiger partial charge is 0.308 e. The van der Waals surface area contributed by atoms with Gasteiger partial charge in [-0.25, -0.2) is 0 Å². The molecule has 1 N–H and O–H groups in total. The van der Waals surface area contributed by atoms with Gasteiger partial charge < -0.3 is 14.6 Å². The number of hydrogen-bond donors (Lipinski definition) is 1. The fraction of sp³-hybridized carbons (Fsp3) is 0.923. The van der Waals surface area contributed by atoms with E-state index < -0.39 is 0 Å². The zero-order valence-electron chi connectivity index (χ0n) is 11.2. The normalized spacial score (nSPS) is 33.1. The van der Waals surface area contributed by atoms with Crippen LogP contribution in [0.15, 0.2) is 0 Å². The highest BCUT2D eigenvalue weighted by Crippen LogP contribution is 2.36. The van der Waals surface area contributed by atoms with Crippen molar-refractivity contribution in [2.24, 2.45) is 0 Å². The van der Waals surface area contributed by atoms with Crippen LogP contribution in [0.1, 0.15) is 32.1 Å². The van der Waals surface area contributed by atoms with Crippen molar-refractivity contribution >= 4 is 29.5 Å². The molecule has 19 heavy (non-hydrogen) atoms. The standard InChI is InChI=1S/C13H22O4S2/c1-16-12(15)7-10-5-9(14)6-11(17-10)8-13-18-3-2-4-19-13/h9-11,13-14H,2-8H2,1H3/t9-,10+,11+/m0/s1. The molecule has 0 radical (unpaired) electrons. The average Bonchev–Trinajstić information content (AvgIpc) is 2.39. The Bertz CT molecular complexity index is 294. The molecule has 2 aliphatic rings. The zero-order valence-corrected chi connectivity index (χ0v) is 12.9. The Morgan fingerprint density at radius 3 is 2.68 bits per heavy atom. The number of aliphatic hydroxyl groups excluding tert-OH is 1. The summed E-state index contributed by atoms with van der Waals surface area (Å²) < 4.78 is 11.2. The molecule has 0 bridgehead atoms. The van der Waals surface area contributed by atoms with Gasteiger partial charge >= 0.3 is 5.97 Å². The number of methoxy groups -OCH3 is 1. The first kappa shape index (κ1) is 15.5. The van der Waals surface area contributed by atoms with Crippen LogP contribution in [0, 0.1) is 0 Å². The molecule has 2 fully saturated rings. The number of carbonyl (C=O) groups excluding carboxylic acids is 1. The Kier molecular flexibility index (Phi) is 6.32. The highest BCUT2D eigenvalue weighted by atomic mass is 32.2. The number of esters is 1. The first-order chi connectivity index (χ1) is 9.17. The number of ether oxygens (including phenoxy) is 2. The molecular weight excluding hydrogens is 284 g/mol. The van der Waals surface area contributed by atoms with Gasteiger partial charge in [0.05, 0.1) is 36.4 Å². The van der Waals surface area contributed by atoms with E-state index in [9.17, 15) is 9.90 Å². The van der Waals surface area contributed by atoms with E-state index >= 15 is 0 Å². The first-order valence-electron chi connectivity index (χ1n) is 6.81. The molecule has 0 aromatic heterocycles. The summed E-state index contributed by atoms with van der Waals surface area (Å²) in [5.74, 6) is 2.18. The van der Waals surface area contributed by atoms with Crippen LogP contribution in [-0.4, -0.2) is 52.6 Å². The molecule has 2 rings (SSSR count). The summed E-state index contributed by atoms with van der Waals surface area (Å²) in [4.78, 5) is 11.3. The molecule has 0 spiro atoms. The molecule has 2 saturated heterocycles. The number of hydrogen-bond acceptors (Lipinski definition) is 6. The summed E-state index contributed by atoms with van der Waals surface area (Å²) in [5, 5.41) is 9.92. The maximum absolute atomic E-state index is 11.3. The summed E-state index contributed by atoms with van der Waals surface area (Å²) >= 11 is 3.97. The fourth-order valence-corrected chi connectivity index (χ4v) is 5.52. The minimum atomic E-state index is -0.355. The molecule has 2 heterocycles. The van der Waals surface area contributed by atoms with Gasteiger partial charge in [-0.3, -0.25) is 4.79 Å². The van der Waals surface area contributed by atoms with Crippen molar-refractivity contribution in [2.75, 3.05) is 18.6 Å². The molecule has 0 aromatic carbocycles. The van der Waals surface area contributed by atoms with Crippen LogP contribution in [0.25, 0.3) is 0 Å². The molecule has 3 atom stereocenters. The van der Waals surface area contributed by atoms with Crippen molar-refractivity contribution < 1.29 is 19.4 Å². The second-order valence-corrected chi connectivity index (χ2v) is 7.97. The second-order valence-electron chi connectivity index (χ2n) is 5.05. The van der Waals surface area contributed by atoms with Gasteiger partial charge in [-0.1, -0.05) is 0 Å². The van der Waals surface area contributed by atoms with Gasteiger partial charge in [-0.05, 0) is 30.8 Å². The minimum Gasteiger partial charge on any atom is -0.469 e. The first-order valence-corrected chi connectivity index (χ1v) is 8.90. The third-order valence-corrected chi connectivity index (χ3v) is 6.42. The van der Waals surface area contributed by atoms with Crippen molar-refractivity contribution in [3.8, 4) is 0 Å². The summed E-state index contributed by atoms with van der Waals surface area (Å²) in [6, 6.07) is 0. The summed E-state index contributed by atoms with van der Waals surface area (Å²) in [6.45, 7) is 0. The SMILES string of the molecule is COC(=O)C[C@H]1C[C@H](O)C[C@H](CC2SCCCS2)O1. The van der Waals surface area contributed by atoms with Crippen LogP contribution in [-0.2, 0) is 14.3 Å². The van der Waals surface area contributed by atoms with Crippen LogP contribution in [0.4, 0.5) is 0 Å². The summed E-state index contributed by atoms with van der Waals surface area (Å²) in [7, 11) is 1.38. The number of rotatable bonds is 4. The van der Waals surface area contributed by atoms with E-state index in [1.54, 1.807) is 0 Å². The Hall–Kier alpha value is 0.0900. The Labute approximate surface area is 123 Å². The van der Waals surface area contributed by atoms with E-state index in [4.69, 9.17) is 4.74 Å². The van der Waals surface area contributed by atoms with Gasteiger partial charge in [0, 0.05) is 6.42 Å². The predicted octanol–water partition coefficient (Wildman–Crippen LogP) is 2.04. The van der Waals surface area contributed by atoms with Crippen molar-refractivity contribution in [3.05, 3.63) is 0 Å². The number of thioether (sulfide) groups is 2. The monoisotopic (exact) mass is 306 g/mol. The molecule has 110 valence electrons. The molecule has 6 heteroatoms. The van der Waals surface area contributed by atoms with Crippen LogP contribution >= 0.6 is 23.5 Å². The van der Waals surface area contributed by atoms with Gasteiger partial charge in [-0.15, -0.1) is 23.5 Å². The Balaban J connectivity index is 1.81. The molecular formula is C13H22O4S2. The van der Waals surface area contributed by atoms with Crippen molar-refractivity contribution in [2.45, 2.75) is 55.0 Å². The van der Waals surface area contributed by atoms with Crippen LogP contribution in [0.2, 0.25) is 0 Å². The van der Waals surface area contributed by atoms with E-state index in [1.165, 1.54) is 25.0 Å². The highest BCUT2D eigenvalue weighted by molar-refractivity contribution is 8.17. The molecule has 2 aliphatic heterocycles. The van der Waals surface area contributed by atoms with Crippen LogP contribution in [0.3, 0.4) is 0 Å². The minimum absolute atomic E-state index is 0.0708. The number of carbonyl (C=O) groups is 1. The molecule has 0 saturated carbocycles. The molecule has 0 amide bonds. The maximum atomic E-state index is 11.3. The third-order valence-electron chi connectivity index (χ3n) is 3.43. The molecule has 0 unspecified atom stereocenters. The summed E-state index contributed by atoms with van der Waals surface area (Å²) in [5.41, 5.74) is 0. The number of aliphatic hydroxyl groups is 1. The molecule has 4 nitrogen and oxygen atoms in total. The van der Waals surface area contributed by atoms with Gasteiger partial charge in [0.1, 0.15) is 0 Å². The van der Waals surface area contributed by atoms with E-state index in [1.807, 2.05) is 23.5 Å². The summed E-state index contributed by atoms with van der Waals surface area (Å²) in [6.07, 6.45) is 3.24. The van der Waals surface area contributed by atoms with Crippen molar-refractivity contribution in [3.63, 3.8) is 0 Å². The van der Waals surface area contributed by atoms with E-state index in [2.05, 4.69) is 4.74 Å². The lowest BCUT2D eigenvalue weighted by Gasteiger charge is -2.35. The topological polar surface area (TPSA) is 55.8 Å². The van der Waals surface area contributed by atoms with Crippen LogP contribution in [0.5, 0.6) is 0 Å². The van der Waals surface area contributed by atoms with E-state index in [-0.39, 0.29) is 30.7 Å². The van der Waals surface area contributed by atoms with Gasteiger partial charge in [-0.2, -0.15) is 0 Å². The van der Waals surface area contributed by atoms with Crippen molar-refractivity contribution in [1.82, 2.24) is 0 Å². The lowest BCUT2D eigenvalue weighted by Crippen LogP contribution is -2.38. The Morgan fingerprint density at radius 1 is 1.32 bits per heavy atom. The molecule has 0 aliphatic carbocycles. The second kappa shape index (κ2) is 7.76. The Morgan fingerprint density at radius 2 is 2.00 bits per heavy atom. The van der Waals surface area contributed by atoms with Gasteiger partial charge in [0.15, 0.2) is 0 Å². The van der Waals surface area contributed by atoms with Gasteiger partial charge in [0.2, 0.25) is 0 Å².